The van der Waals surface area contributed by atoms with Gasteiger partial charge in [0.1, 0.15) is 0 Å². The van der Waals surface area contributed by atoms with E-state index in [9.17, 15) is 14.7 Å². The Morgan fingerprint density at radius 3 is 2.55 bits per heavy atom. The average Bonchev–Trinajstić information content (AvgIpc) is 2.68. The van der Waals surface area contributed by atoms with Crippen LogP contribution in [0.15, 0.2) is 0 Å². The summed E-state index contributed by atoms with van der Waals surface area (Å²) in [4.78, 5) is 24.4. The van der Waals surface area contributed by atoms with Crippen LogP contribution in [0.5, 0.6) is 0 Å². The number of carbonyl (C=O) groups is 2. The second kappa shape index (κ2) is 5.69. The lowest BCUT2D eigenvalue weighted by Crippen LogP contribution is -2.43. The highest BCUT2D eigenvalue weighted by molar-refractivity contribution is 5.89. The maximum Gasteiger partial charge on any atom is 0.379 e. The van der Waals surface area contributed by atoms with E-state index < -0.39 is 23.1 Å². The number of hydrogen-bond acceptors (Lipinski definition) is 6. The van der Waals surface area contributed by atoms with Crippen molar-refractivity contribution in [2.24, 2.45) is 5.41 Å². The maximum absolute atomic E-state index is 12.3. The lowest BCUT2D eigenvalue weighted by atomic mass is 9.71. The zero-order valence-corrected chi connectivity index (χ0v) is 12.0. The minimum absolute atomic E-state index is 0.179. The molecule has 114 valence electrons. The summed E-state index contributed by atoms with van der Waals surface area (Å²) in [5, 5.41) is 9.59. The van der Waals surface area contributed by atoms with Gasteiger partial charge in [0.2, 0.25) is 0 Å². The molecule has 6 heteroatoms. The fourth-order valence-electron chi connectivity index (χ4n) is 3.08. The van der Waals surface area contributed by atoms with Crippen LogP contribution in [0.4, 0.5) is 0 Å². The first kappa shape index (κ1) is 15.3. The maximum atomic E-state index is 12.3. The predicted molar refractivity (Wildman–Crippen MR) is 68.6 cm³/mol. The van der Waals surface area contributed by atoms with Gasteiger partial charge in [0.25, 0.3) is 0 Å². The highest BCUT2D eigenvalue weighted by atomic mass is 16.7. The fourth-order valence-corrected chi connectivity index (χ4v) is 3.08. The summed E-state index contributed by atoms with van der Waals surface area (Å²) < 4.78 is 15.8. The fraction of sp³-hybridized carbons (Fsp3) is 0.857. The molecule has 1 heterocycles. The highest BCUT2D eigenvalue weighted by Crippen LogP contribution is 2.50. The lowest BCUT2D eigenvalue weighted by molar-refractivity contribution is -0.229. The largest absolute Gasteiger partial charge is 0.461 e. The van der Waals surface area contributed by atoms with Crippen LogP contribution in [0.3, 0.4) is 0 Å². The van der Waals surface area contributed by atoms with Gasteiger partial charge in [0.15, 0.2) is 0 Å². The third kappa shape index (κ3) is 2.54. The van der Waals surface area contributed by atoms with Crippen LogP contribution in [0, 0.1) is 5.41 Å². The normalized spacial score (nSPS) is 37.0. The smallest absolute Gasteiger partial charge is 0.379 e. The molecule has 1 saturated carbocycles. The SMILES string of the molecule is CCOC(=O)C1(OCC)CC2(CCC(O)CC2)C(=O)O1. The van der Waals surface area contributed by atoms with Crippen molar-refractivity contribution in [2.45, 2.75) is 57.8 Å². The molecule has 0 radical (unpaired) electrons. The van der Waals surface area contributed by atoms with Gasteiger partial charge in [-0.3, -0.25) is 4.79 Å². The zero-order valence-electron chi connectivity index (χ0n) is 12.0. The molecule has 0 amide bonds. The van der Waals surface area contributed by atoms with Crippen LogP contribution in [0.1, 0.15) is 46.0 Å². The van der Waals surface area contributed by atoms with Crippen molar-refractivity contribution in [1.29, 1.82) is 0 Å². The van der Waals surface area contributed by atoms with Crippen LogP contribution < -0.4 is 0 Å². The molecule has 1 N–H and O–H groups in total. The van der Waals surface area contributed by atoms with Gasteiger partial charge in [0, 0.05) is 13.0 Å². The quantitative estimate of drug-likeness (QED) is 0.781. The van der Waals surface area contributed by atoms with Crippen LogP contribution >= 0.6 is 0 Å². The summed E-state index contributed by atoms with van der Waals surface area (Å²) in [5.41, 5.74) is -0.721. The summed E-state index contributed by atoms with van der Waals surface area (Å²) in [6.45, 7) is 3.90. The van der Waals surface area contributed by atoms with Crippen molar-refractivity contribution in [2.75, 3.05) is 13.2 Å². The molecule has 1 aliphatic heterocycles. The molecule has 0 aromatic carbocycles. The molecule has 1 unspecified atom stereocenters. The third-order valence-corrected chi connectivity index (χ3v) is 4.14. The van der Waals surface area contributed by atoms with Gasteiger partial charge in [-0.25, -0.2) is 4.79 Å². The van der Waals surface area contributed by atoms with Crippen LogP contribution in [0.2, 0.25) is 0 Å². The summed E-state index contributed by atoms with van der Waals surface area (Å²) in [6, 6.07) is 0. The molecular formula is C14H22O6. The van der Waals surface area contributed by atoms with E-state index >= 15 is 0 Å². The Bertz CT molecular complexity index is 385. The number of ether oxygens (including phenoxy) is 3. The minimum atomic E-state index is -1.61. The second-order valence-corrected chi connectivity index (χ2v) is 5.48. The summed E-state index contributed by atoms with van der Waals surface area (Å²) in [6.07, 6.45) is 1.92. The Labute approximate surface area is 118 Å². The van der Waals surface area contributed by atoms with Crippen LogP contribution in [-0.4, -0.2) is 42.1 Å². The molecule has 20 heavy (non-hydrogen) atoms. The van der Waals surface area contributed by atoms with Crippen LogP contribution in [-0.2, 0) is 23.8 Å². The highest BCUT2D eigenvalue weighted by Gasteiger charge is 2.62. The molecule has 0 bridgehead atoms. The summed E-state index contributed by atoms with van der Waals surface area (Å²) in [5.74, 6) is -2.66. The van der Waals surface area contributed by atoms with Crippen molar-refractivity contribution in [3.8, 4) is 0 Å². The Kier molecular flexibility index (Phi) is 4.34. The number of aliphatic hydroxyl groups excluding tert-OH is 1. The number of carbonyl (C=O) groups excluding carboxylic acids is 2. The molecule has 1 saturated heterocycles. The average molecular weight is 286 g/mol. The Balaban J connectivity index is 2.20. The Morgan fingerprint density at radius 2 is 2.00 bits per heavy atom. The number of esters is 2. The van der Waals surface area contributed by atoms with E-state index in [2.05, 4.69) is 0 Å². The molecule has 1 aliphatic carbocycles. The number of hydrogen-bond donors (Lipinski definition) is 1. The van der Waals surface area contributed by atoms with Gasteiger partial charge < -0.3 is 19.3 Å². The first-order valence-electron chi connectivity index (χ1n) is 7.21. The summed E-state index contributed by atoms with van der Waals surface area (Å²) in [7, 11) is 0. The first-order valence-corrected chi connectivity index (χ1v) is 7.21. The Hall–Kier alpha value is -1.14. The van der Waals surface area contributed by atoms with E-state index in [0.717, 1.165) is 0 Å². The predicted octanol–water partition coefficient (Wildman–Crippen LogP) is 1.15. The standard InChI is InChI=1S/C14H22O6/c1-3-18-12(17)14(19-4-2)9-13(11(16)20-14)7-5-10(15)6-8-13/h10,15H,3-9H2,1-2H3. The van der Waals surface area contributed by atoms with Gasteiger partial charge in [0.05, 0.1) is 18.1 Å². The van der Waals surface area contributed by atoms with E-state index in [-0.39, 0.29) is 25.7 Å². The zero-order chi connectivity index (χ0) is 14.8. The number of cyclic esters (lactones) is 1. The van der Waals surface area contributed by atoms with E-state index in [1.807, 2.05) is 0 Å². The van der Waals surface area contributed by atoms with Crippen molar-refractivity contribution in [1.82, 2.24) is 0 Å². The van der Waals surface area contributed by atoms with Gasteiger partial charge in [-0.15, -0.1) is 0 Å². The van der Waals surface area contributed by atoms with Crippen molar-refractivity contribution in [3.63, 3.8) is 0 Å². The Morgan fingerprint density at radius 1 is 1.35 bits per heavy atom. The lowest BCUT2D eigenvalue weighted by Gasteiger charge is -2.32. The molecule has 6 nitrogen and oxygen atoms in total. The van der Waals surface area contributed by atoms with Gasteiger partial charge in [-0.1, -0.05) is 0 Å². The first-order chi connectivity index (χ1) is 9.48. The molecule has 1 spiro atoms. The van der Waals surface area contributed by atoms with E-state index in [1.54, 1.807) is 13.8 Å². The van der Waals surface area contributed by atoms with Crippen molar-refractivity contribution >= 4 is 11.9 Å². The van der Waals surface area contributed by atoms with Gasteiger partial charge >= 0.3 is 17.7 Å². The molecule has 2 aliphatic rings. The number of rotatable bonds is 4. The van der Waals surface area contributed by atoms with Gasteiger partial charge in [-0.2, -0.15) is 0 Å². The minimum Gasteiger partial charge on any atom is -0.461 e. The molecule has 2 rings (SSSR count). The number of aliphatic hydroxyl groups is 1. The van der Waals surface area contributed by atoms with E-state index in [0.29, 0.717) is 25.7 Å². The molecule has 0 aromatic heterocycles. The molecule has 1 atom stereocenters. The van der Waals surface area contributed by atoms with Crippen LogP contribution in [0.25, 0.3) is 0 Å². The topological polar surface area (TPSA) is 82.1 Å². The monoisotopic (exact) mass is 286 g/mol. The van der Waals surface area contributed by atoms with E-state index in [4.69, 9.17) is 14.2 Å². The van der Waals surface area contributed by atoms with Gasteiger partial charge in [-0.05, 0) is 39.5 Å². The molecule has 0 aromatic rings. The second-order valence-electron chi connectivity index (χ2n) is 5.48. The van der Waals surface area contributed by atoms with E-state index in [1.165, 1.54) is 0 Å². The van der Waals surface area contributed by atoms with Crippen molar-refractivity contribution < 1.29 is 28.9 Å². The molecule has 2 fully saturated rings. The third-order valence-electron chi connectivity index (χ3n) is 4.14. The van der Waals surface area contributed by atoms with Crippen molar-refractivity contribution in [3.05, 3.63) is 0 Å². The summed E-state index contributed by atoms with van der Waals surface area (Å²) >= 11 is 0. The molecular weight excluding hydrogens is 264 g/mol.